The fourth-order valence-corrected chi connectivity index (χ4v) is 2.68. The minimum absolute atomic E-state index is 0.104. The van der Waals surface area contributed by atoms with Gasteiger partial charge in [-0.15, -0.1) is 0 Å². The van der Waals surface area contributed by atoms with Gasteiger partial charge >= 0.3 is 24.1 Å². The number of amides is 3. The summed E-state index contributed by atoms with van der Waals surface area (Å²) in [6.45, 7) is 3.37. The third-order valence-corrected chi connectivity index (χ3v) is 4.12. The van der Waals surface area contributed by atoms with Gasteiger partial charge in [0, 0.05) is 31.9 Å². The second-order valence-electron chi connectivity index (χ2n) is 5.89. The molecule has 10 heteroatoms. The van der Waals surface area contributed by atoms with Gasteiger partial charge < -0.3 is 29.3 Å². The summed E-state index contributed by atoms with van der Waals surface area (Å²) >= 11 is 0. The molecular weight excluding hydrogens is 370 g/mol. The van der Waals surface area contributed by atoms with Gasteiger partial charge in [0.2, 0.25) is 0 Å². The number of esters is 2. The van der Waals surface area contributed by atoms with E-state index in [9.17, 15) is 19.2 Å². The molecule has 10 nitrogen and oxygen atoms in total. The molecule has 1 heterocycles. The number of hydrogen-bond acceptors (Lipinski definition) is 7. The Hall–Kier alpha value is -3.30. The van der Waals surface area contributed by atoms with Crippen LogP contribution >= 0.6 is 0 Å². The van der Waals surface area contributed by atoms with Gasteiger partial charge in [0.1, 0.15) is 0 Å². The number of rotatable bonds is 4. The highest BCUT2D eigenvalue weighted by molar-refractivity contribution is 5.99. The van der Waals surface area contributed by atoms with Crippen molar-refractivity contribution in [2.45, 2.75) is 6.92 Å². The number of piperazine rings is 1. The second kappa shape index (κ2) is 9.58. The van der Waals surface area contributed by atoms with Crippen LogP contribution in [-0.4, -0.2) is 80.9 Å². The molecule has 0 aliphatic carbocycles. The fourth-order valence-electron chi connectivity index (χ4n) is 2.68. The number of nitrogens with one attached hydrogen (secondary N) is 1. The molecule has 1 fully saturated rings. The molecule has 0 saturated carbocycles. The predicted octanol–water partition coefficient (Wildman–Crippen LogP) is 1.57. The van der Waals surface area contributed by atoms with Crippen LogP contribution in [0.1, 0.15) is 27.6 Å². The van der Waals surface area contributed by atoms with Crippen LogP contribution in [0.3, 0.4) is 0 Å². The van der Waals surface area contributed by atoms with Crippen LogP contribution in [0.25, 0.3) is 0 Å². The maximum atomic E-state index is 12.5. The molecule has 0 radical (unpaired) electrons. The summed E-state index contributed by atoms with van der Waals surface area (Å²) in [7, 11) is 2.43. The molecule has 28 heavy (non-hydrogen) atoms. The van der Waals surface area contributed by atoms with Crippen LogP contribution in [0.4, 0.5) is 15.3 Å². The Bertz CT molecular complexity index is 723. The zero-order valence-electron chi connectivity index (χ0n) is 16.0. The van der Waals surface area contributed by atoms with Crippen molar-refractivity contribution in [2.75, 3.05) is 52.3 Å². The summed E-state index contributed by atoms with van der Waals surface area (Å²) in [6.07, 6.45) is -0.406. The Morgan fingerprint density at radius 3 is 1.86 bits per heavy atom. The monoisotopic (exact) mass is 393 g/mol. The second-order valence-corrected chi connectivity index (χ2v) is 5.89. The van der Waals surface area contributed by atoms with E-state index in [1.165, 1.54) is 42.2 Å². The fraction of sp³-hybridized carbons (Fsp3) is 0.444. The van der Waals surface area contributed by atoms with Gasteiger partial charge in [-0.25, -0.2) is 19.2 Å². The maximum absolute atomic E-state index is 12.5. The molecule has 0 aromatic heterocycles. The molecule has 1 aliphatic heterocycles. The highest BCUT2D eigenvalue weighted by Gasteiger charge is 2.25. The molecule has 1 N–H and O–H groups in total. The molecule has 1 aromatic carbocycles. The van der Waals surface area contributed by atoms with Gasteiger partial charge in [-0.1, -0.05) is 0 Å². The van der Waals surface area contributed by atoms with Crippen LogP contribution in [0.15, 0.2) is 18.2 Å². The van der Waals surface area contributed by atoms with Crippen molar-refractivity contribution in [3.8, 4) is 0 Å². The molecule has 0 atom stereocenters. The predicted molar refractivity (Wildman–Crippen MR) is 98.3 cm³/mol. The summed E-state index contributed by atoms with van der Waals surface area (Å²) in [5.74, 6) is -1.30. The number of carbonyl (C=O) groups is 4. The molecule has 152 valence electrons. The smallest absolute Gasteiger partial charge is 0.409 e. The highest BCUT2D eigenvalue weighted by Crippen LogP contribution is 2.18. The van der Waals surface area contributed by atoms with E-state index in [1.54, 1.807) is 6.92 Å². The summed E-state index contributed by atoms with van der Waals surface area (Å²) in [6, 6.07) is 3.72. The van der Waals surface area contributed by atoms with Crippen molar-refractivity contribution in [1.82, 2.24) is 9.80 Å². The molecule has 1 aliphatic rings. The van der Waals surface area contributed by atoms with E-state index in [0.29, 0.717) is 32.8 Å². The number of hydrogen-bond donors (Lipinski definition) is 1. The van der Waals surface area contributed by atoms with E-state index in [0.717, 1.165) is 0 Å². The van der Waals surface area contributed by atoms with Crippen molar-refractivity contribution >= 4 is 29.8 Å². The van der Waals surface area contributed by atoms with Gasteiger partial charge in [0.25, 0.3) is 0 Å². The lowest BCUT2D eigenvalue weighted by Gasteiger charge is -2.34. The van der Waals surface area contributed by atoms with Crippen molar-refractivity contribution in [3.05, 3.63) is 29.3 Å². The van der Waals surface area contributed by atoms with Crippen LogP contribution in [0, 0.1) is 0 Å². The van der Waals surface area contributed by atoms with Crippen LogP contribution in [-0.2, 0) is 14.2 Å². The zero-order chi connectivity index (χ0) is 20.7. The third-order valence-electron chi connectivity index (χ3n) is 4.12. The number of benzene rings is 1. The molecule has 3 amide bonds. The Kier molecular flexibility index (Phi) is 7.19. The van der Waals surface area contributed by atoms with Crippen LogP contribution in [0.5, 0.6) is 0 Å². The molecule has 0 unspecified atom stereocenters. The van der Waals surface area contributed by atoms with E-state index in [1.807, 2.05) is 0 Å². The normalized spacial score (nSPS) is 13.5. The van der Waals surface area contributed by atoms with E-state index in [2.05, 4.69) is 14.8 Å². The van der Waals surface area contributed by atoms with E-state index in [-0.39, 0.29) is 16.8 Å². The Morgan fingerprint density at radius 1 is 0.893 bits per heavy atom. The van der Waals surface area contributed by atoms with Gasteiger partial charge in [-0.3, -0.25) is 0 Å². The summed E-state index contributed by atoms with van der Waals surface area (Å²) < 4.78 is 14.3. The Morgan fingerprint density at radius 2 is 1.39 bits per heavy atom. The number of methoxy groups -OCH3 is 2. The van der Waals surface area contributed by atoms with Gasteiger partial charge in [-0.2, -0.15) is 0 Å². The summed E-state index contributed by atoms with van der Waals surface area (Å²) in [5, 5.41) is 2.66. The minimum Gasteiger partial charge on any atom is -0.465 e. The minimum atomic E-state index is -0.649. The van der Waals surface area contributed by atoms with Crippen molar-refractivity contribution < 1.29 is 33.4 Å². The van der Waals surface area contributed by atoms with E-state index in [4.69, 9.17) is 4.74 Å². The average molecular weight is 393 g/mol. The first kappa shape index (κ1) is 21.0. The first-order valence-electron chi connectivity index (χ1n) is 8.69. The zero-order valence-corrected chi connectivity index (χ0v) is 16.0. The third kappa shape index (κ3) is 5.12. The molecule has 2 rings (SSSR count). The Balaban J connectivity index is 2.08. The number of carbonyl (C=O) groups excluding carboxylic acids is 4. The molecule has 0 bridgehead atoms. The molecular formula is C18H23N3O7. The van der Waals surface area contributed by atoms with Crippen molar-refractivity contribution in [2.24, 2.45) is 0 Å². The standard InChI is InChI=1S/C18H23N3O7/c1-4-28-18(25)21-7-5-20(6-8-21)17(24)19-14-10-12(15(22)26-2)9-13(11-14)16(23)27-3/h9-11H,4-8H2,1-3H3,(H,19,24). The lowest BCUT2D eigenvalue weighted by molar-refractivity contribution is 0.0599. The van der Waals surface area contributed by atoms with Gasteiger partial charge in [0.05, 0.1) is 32.0 Å². The average Bonchev–Trinajstić information content (AvgIpc) is 2.72. The SMILES string of the molecule is CCOC(=O)N1CCN(C(=O)Nc2cc(C(=O)OC)cc(C(=O)OC)c2)CC1. The number of anilines is 1. The largest absolute Gasteiger partial charge is 0.465 e. The molecule has 1 aromatic rings. The van der Waals surface area contributed by atoms with Crippen molar-refractivity contribution in [1.29, 1.82) is 0 Å². The van der Waals surface area contributed by atoms with Crippen LogP contribution in [0.2, 0.25) is 0 Å². The maximum Gasteiger partial charge on any atom is 0.409 e. The first-order chi connectivity index (χ1) is 13.4. The number of ether oxygens (including phenoxy) is 3. The quantitative estimate of drug-likeness (QED) is 0.610. The Labute approximate surface area is 162 Å². The first-order valence-corrected chi connectivity index (χ1v) is 8.69. The van der Waals surface area contributed by atoms with Crippen molar-refractivity contribution in [3.63, 3.8) is 0 Å². The lowest BCUT2D eigenvalue weighted by Crippen LogP contribution is -2.51. The van der Waals surface area contributed by atoms with Gasteiger partial charge in [0.15, 0.2) is 0 Å². The van der Waals surface area contributed by atoms with E-state index < -0.39 is 24.1 Å². The topological polar surface area (TPSA) is 114 Å². The summed E-state index contributed by atoms with van der Waals surface area (Å²) in [4.78, 5) is 50.9. The summed E-state index contributed by atoms with van der Waals surface area (Å²) in [5.41, 5.74) is 0.460. The number of urea groups is 1. The van der Waals surface area contributed by atoms with E-state index >= 15 is 0 Å². The molecule has 0 spiro atoms. The molecule has 1 saturated heterocycles. The number of nitrogens with zero attached hydrogens (tertiary/aromatic N) is 2. The van der Waals surface area contributed by atoms with Gasteiger partial charge in [-0.05, 0) is 25.1 Å². The van der Waals surface area contributed by atoms with Crippen LogP contribution < -0.4 is 5.32 Å². The highest BCUT2D eigenvalue weighted by atomic mass is 16.6. The lowest BCUT2D eigenvalue weighted by atomic mass is 10.1.